The molecule has 2 saturated carbocycles. The first kappa shape index (κ1) is 9.58. The average Bonchev–Trinajstić information content (AvgIpc) is 2.85. The second-order valence-corrected chi connectivity index (χ2v) is 6.89. The van der Waals surface area contributed by atoms with E-state index in [0.29, 0.717) is 0 Å². The summed E-state index contributed by atoms with van der Waals surface area (Å²) in [6, 6.07) is 9.13. The minimum atomic E-state index is 0.897. The van der Waals surface area contributed by atoms with Gasteiger partial charge in [-0.3, -0.25) is 0 Å². The summed E-state index contributed by atoms with van der Waals surface area (Å²) in [6.45, 7) is 0. The molecule has 1 aromatic carbocycles. The predicted octanol–water partition coefficient (Wildman–Crippen LogP) is 4.45. The van der Waals surface area contributed by atoms with Crippen molar-refractivity contribution in [2.24, 2.45) is 11.8 Å². The molecule has 16 heavy (non-hydrogen) atoms. The maximum absolute atomic E-state index is 2.38. The largest absolute Gasteiger partial charge is 0.122 e. The first-order valence-corrected chi connectivity index (χ1v) is 7.57. The SMILES string of the molecule is c1ccc2c(c1)SC1C2CC2CCCCC21. The van der Waals surface area contributed by atoms with E-state index in [-0.39, 0.29) is 0 Å². The lowest BCUT2D eigenvalue weighted by molar-refractivity contribution is 0.281. The summed E-state index contributed by atoms with van der Waals surface area (Å²) in [5, 5.41) is 0.933. The van der Waals surface area contributed by atoms with E-state index in [4.69, 9.17) is 0 Å². The van der Waals surface area contributed by atoms with Gasteiger partial charge in [-0.2, -0.15) is 0 Å². The molecular formula is C15H18S. The molecule has 1 aliphatic heterocycles. The second-order valence-electron chi connectivity index (χ2n) is 5.67. The second kappa shape index (κ2) is 3.53. The van der Waals surface area contributed by atoms with Gasteiger partial charge in [0.15, 0.2) is 0 Å². The molecule has 0 bridgehead atoms. The van der Waals surface area contributed by atoms with Gasteiger partial charge in [0, 0.05) is 10.1 Å². The summed E-state index contributed by atoms with van der Waals surface area (Å²) in [5.74, 6) is 3.00. The zero-order valence-corrected chi connectivity index (χ0v) is 10.4. The molecule has 0 N–H and O–H groups in total. The molecule has 3 aliphatic rings. The normalized spacial score (nSPS) is 40.2. The summed E-state index contributed by atoms with van der Waals surface area (Å²) < 4.78 is 0. The highest BCUT2D eigenvalue weighted by Crippen LogP contribution is 2.60. The van der Waals surface area contributed by atoms with Crippen molar-refractivity contribution < 1.29 is 0 Å². The molecule has 1 heterocycles. The van der Waals surface area contributed by atoms with E-state index in [0.717, 1.165) is 23.0 Å². The van der Waals surface area contributed by atoms with Gasteiger partial charge in [0.1, 0.15) is 0 Å². The highest BCUT2D eigenvalue weighted by atomic mass is 32.2. The average molecular weight is 230 g/mol. The molecule has 0 amide bonds. The topological polar surface area (TPSA) is 0 Å². The van der Waals surface area contributed by atoms with Gasteiger partial charge >= 0.3 is 0 Å². The van der Waals surface area contributed by atoms with Gasteiger partial charge in [0.25, 0.3) is 0 Å². The minimum Gasteiger partial charge on any atom is -0.122 e. The lowest BCUT2D eigenvalue weighted by Gasteiger charge is -2.28. The van der Waals surface area contributed by atoms with Crippen LogP contribution in [-0.2, 0) is 0 Å². The Morgan fingerprint density at radius 1 is 1.06 bits per heavy atom. The van der Waals surface area contributed by atoms with Crippen molar-refractivity contribution in [1.82, 2.24) is 0 Å². The van der Waals surface area contributed by atoms with Crippen LogP contribution < -0.4 is 0 Å². The van der Waals surface area contributed by atoms with Crippen molar-refractivity contribution in [2.75, 3.05) is 0 Å². The molecule has 4 unspecified atom stereocenters. The van der Waals surface area contributed by atoms with E-state index in [9.17, 15) is 0 Å². The summed E-state index contributed by atoms with van der Waals surface area (Å²) in [7, 11) is 0. The van der Waals surface area contributed by atoms with Crippen LogP contribution in [0.3, 0.4) is 0 Å². The van der Waals surface area contributed by atoms with E-state index >= 15 is 0 Å². The van der Waals surface area contributed by atoms with Gasteiger partial charge in [-0.15, -0.1) is 11.8 Å². The maximum Gasteiger partial charge on any atom is 0.0195 e. The number of rotatable bonds is 0. The van der Waals surface area contributed by atoms with Crippen molar-refractivity contribution >= 4 is 11.8 Å². The van der Waals surface area contributed by atoms with Gasteiger partial charge in [-0.05, 0) is 42.2 Å². The summed E-state index contributed by atoms with van der Waals surface area (Å²) >= 11 is 2.19. The van der Waals surface area contributed by atoms with Crippen LogP contribution in [0.1, 0.15) is 43.6 Å². The Hall–Kier alpha value is -0.430. The van der Waals surface area contributed by atoms with Crippen molar-refractivity contribution in [3.63, 3.8) is 0 Å². The fourth-order valence-electron chi connectivity index (χ4n) is 4.23. The minimum absolute atomic E-state index is 0.897. The van der Waals surface area contributed by atoms with Crippen LogP contribution in [0.15, 0.2) is 29.2 Å². The zero-order chi connectivity index (χ0) is 10.5. The molecule has 4 rings (SSSR count). The first-order chi connectivity index (χ1) is 7.93. The Bertz CT molecular complexity index is 412. The van der Waals surface area contributed by atoms with Crippen molar-refractivity contribution in [3.8, 4) is 0 Å². The van der Waals surface area contributed by atoms with Gasteiger partial charge < -0.3 is 0 Å². The zero-order valence-electron chi connectivity index (χ0n) is 9.56. The van der Waals surface area contributed by atoms with Crippen LogP contribution in [0, 0.1) is 11.8 Å². The summed E-state index contributed by atoms with van der Waals surface area (Å²) in [6.07, 6.45) is 7.49. The van der Waals surface area contributed by atoms with Gasteiger partial charge in [-0.25, -0.2) is 0 Å². The molecule has 0 radical (unpaired) electrons. The predicted molar refractivity (Wildman–Crippen MR) is 68.9 cm³/mol. The van der Waals surface area contributed by atoms with Crippen LogP contribution in [0.5, 0.6) is 0 Å². The number of hydrogen-bond acceptors (Lipinski definition) is 1. The van der Waals surface area contributed by atoms with Crippen LogP contribution in [0.25, 0.3) is 0 Å². The first-order valence-electron chi connectivity index (χ1n) is 6.69. The number of benzene rings is 1. The molecule has 0 saturated heterocycles. The Labute approximate surface area is 102 Å². The molecule has 0 nitrogen and oxygen atoms in total. The molecule has 2 aliphatic carbocycles. The molecule has 1 heteroatoms. The molecule has 0 spiro atoms. The van der Waals surface area contributed by atoms with Gasteiger partial charge in [-0.1, -0.05) is 37.5 Å². The lowest BCUT2D eigenvalue weighted by Crippen LogP contribution is -2.20. The standard InChI is InChI=1S/C15H18S/c1-2-6-11-10(5-1)9-13-12-7-3-4-8-14(12)16-15(11)13/h3-4,7-8,10-11,13,15H,1-2,5-6,9H2. The lowest BCUT2D eigenvalue weighted by atomic mass is 9.82. The van der Waals surface area contributed by atoms with Gasteiger partial charge in [0.2, 0.25) is 0 Å². The third-order valence-corrected chi connectivity index (χ3v) is 6.50. The van der Waals surface area contributed by atoms with Crippen LogP contribution in [0.2, 0.25) is 0 Å². The number of fused-ring (bicyclic) bond motifs is 5. The fraction of sp³-hybridized carbons (Fsp3) is 0.600. The molecule has 1 aromatic rings. The maximum atomic E-state index is 2.38. The third kappa shape index (κ3) is 1.24. The summed E-state index contributed by atoms with van der Waals surface area (Å²) in [4.78, 5) is 1.58. The van der Waals surface area contributed by atoms with Crippen LogP contribution in [-0.4, -0.2) is 5.25 Å². The number of thioether (sulfide) groups is 1. The monoisotopic (exact) mass is 230 g/mol. The Kier molecular flexibility index (Phi) is 2.11. The smallest absolute Gasteiger partial charge is 0.0195 e. The van der Waals surface area contributed by atoms with Crippen LogP contribution >= 0.6 is 11.8 Å². The Morgan fingerprint density at radius 3 is 2.94 bits per heavy atom. The molecular weight excluding hydrogens is 212 g/mol. The quantitative estimate of drug-likeness (QED) is 0.634. The Morgan fingerprint density at radius 2 is 1.94 bits per heavy atom. The molecule has 2 fully saturated rings. The third-order valence-electron chi connectivity index (χ3n) is 4.92. The van der Waals surface area contributed by atoms with E-state index in [2.05, 4.69) is 36.0 Å². The fourth-order valence-corrected chi connectivity index (χ4v) is 6.00. The highest BCUT2D eigenvalue weighted by Gasteiger charge is 2.48. The van der Waals surface area contributed by atoms with Crippen molar-refractivity contribution in [3.05, 3.63) is 29.8 Å². The van der Waals surface area contributed by atoms with E-state index in [1.165, 1.54) is 32.1 Å². The molecule has 84 valence electrons. The van der Waals surface area contributed by atoms with E-state index in [1.807, 2.05) is 0 Å². The van der Waals surface area contributed by atoms with Gasteiger partial charge in [0.05, 0.1) is 0 Å². The highest BCUT2D eigenvalue weighted by molar-refractivity contribution is 8.00. The molecule has 4 atom stereocenters. The van der Waals surface area contributed by atoms with Crippen molar-refractivity contribution in [2.45, 2.75) is 48.2 Å². The molecule has 0 aromatic heterocycles. The van der Waals surface area contributed by atoms with E-state index < -0.39 is 0 Å². The van der Waals surface area contributed by atoms with Crippen LogP contribution in [0.4, 0.5) is 0 Å². The Balaban J connectivity index is 1.71. The van der Waals surface area contributed by atoms with Crippen molar-refractivity contribution in [1.29, 1.82) is 0 Å². The summed E-state index contributed by atoms with van der Waals surface area (Å²) in [5.41, 5.74) is 1.67. The number of hydrogen-bond donors (Lipinski definition) is 0. The van der Waals surface area contributed by atoms with E-state index in [1.54, 1.807) is 10.5 Å².